The van der Waals surface area contributed by atoms with Gasteiger partial charge in [-0.15, -0.1) is 0 Å². The van der Waals surface area contributed by atoms with Gasteiger partial charge in [-0.3, -0.25) is 0 Å². The van der Waals surface area contributed by atoms with Gasteiger partial charge in [-0.1, -0.05) is 28.9 Å². The van der Waals surface area contributed by atoms with E-state index in [9.17, 15) is 0 Å². The summed E-state index contributed by atoms with van der Waals surface area (Å²) >= 11 is 3.52. The monoisotopic (exact) mass is 223 g/mol. The minimum atomic E-state index is 1.06. The molecule has 0 radical (unpaired) electrons. The van der Waals surface area contributed by atoms with Crippen molar-refractivity contribution in [2.75, 3.05) is 0 Å². The Kier molecular flexibility index (Phi) is 1.93. The van der Waals surface area contributed by atoms with Gasteiger partial charge in [0.05, 0.1) is 0 Å². The van der Waals surface area contributed by atoms with Crippen LogP contribution in [0.15, 0.2) is 28.7 Å². The zero-order valence-electron chi connectivity index (χ0n) is 6.89. The lowest BCUT2D eigenvalue weighted by Crippen LogP contribution is -1.74. The van der Waals surface area contributed by atoms with Crippen molar-refractivity contribution in [1.29, 1.82) is 0 Å². The van der Waals surface area contributed by atoms with E-state index < -0.39 is 0 Å². The highest BCUT2D eigenvalue weighted by atomic mass is 79.9. The van der Waals surface area contributed by atoms with E-state index in [0.717, 1.165) is 10.9 Å². The summed E-state index contributed by atoms with van der Waals surface area (Å²) in [5.41, 5.74) is 2.50. The Hall–Kier alpha value is -0.760. The maximum Gasteiger partial charge on any atom is 0.0467 e. The van der Waals surface area contributed by atoms with Gasteiger partial charge in [0.15, 0.2) is 0 Å². The highest BCUT2D eigenvalue weighted by Crippen LogP contribution is 2.24. The van der Waals surface area contributed by atoms with Gasteiger partial charge >= 0.3 is 0 Å². The highest BCUT2D eigenvalue weighted by molar-refractivity contribution is 9.10. The minimum absolute atomic E-state index is 1.06. The van der Waals surface area contributed by atoms with Crippen LogP contribution >= 0.6 is 15.9 Å². The molecule has 1 N–H and O–H groups in total. The zero-order valence-corrected chi connectivity index (χ0v) is 8.48. The summed E-state index contributed by atoms with van der Waals surface area (Å²) in [7, 11) is 0. The molecule has 2 heteroatoms. The maximum absolute atomic E-state index is 3.52. The summed E-state index contributed by atoms with van der Waals surface area (Å²) in [4.78, 5) is 3.36. The summed E-state index contributed by atoms with van der Waals surface area (Å²) in [6.45, 7) is 2.15. The van der Waals surface area contributed by atoms with Gasteiger partial charge in [0.1, 0.15) is 0 Å². The van der Waals surface area contributed by atoms with E-state index in [1.54, 1.807) is 0 Å². The second-order valence-corrected chi connectivity index (χ2v) is 3.70. The Morgan fingerprint density at radius 2 is 2.25 bits per heavy atom. The van der Waals surface area contributed by atoms with Crippen LogP contribution in [0.5, 0.6) is 0 Å². The molecule has 0 saturated heterocycles. The maximum atomic E-state index is 3.52. The van der Waals surface area contributed by atoms with Gasteiger partial charge in [0, 0.05) is 21.1 Å². The average molecular weight is 224 g/mol. The molecule has 0 atom stereocenters. The van der Waals surface area contributed by atoms with Crippen molar-refractivity contribution in [3.8, 4) is 0 Å². The molecule has 0 fully saturated rings. The summed E-state index contributed by atoms with van der Waals surface area (Å²) in [5, 5.41) is 1.27. The standard InChI is InChI=1S/C10H10BrN/c1-2-7-6-8-9(11)4-3-5-10(8)12-7/h3-6,12H,2H2,1H3. The number of H-pyrrole nitrogens is 1. The molecule has 0 spiro atoms. The van der Waals surface area contributed by atoms with Gasteiger partial charge in [-0.2, -0.15) is 0 Å². The topological polar surface area (TPSA) is 15.8 Å². The number of hydrogen-bond acceptors (Lipinski definition) is 0. The summed E-state index contributed by atoms with van der Waals surface area (Å²) < 4.78 is 1.16. The molecule has 1 aromatic carbocycles. The number of hydrogen-bond donors (Lipinski definition) is 1. The molecule has 62 valence electrons. The SMILES string of the molecule is CCc1cc2c(Br)cccc2[nH]1. The van der Waals surface area contributed by atoms with Crippen LogP contribution in [-0.2, 0) is 6.42 Å². The Labute approximate surface area is 79.9 Å². The lowest BCUT2D eigenvalue weighted by atomic mass is 10.2. The predicted molar refractivity (Wildman–Crippen MR) is 55.4 cm³/mol. The first-order valence-corrected chi connectivity index (χ1v) is 4.86. The Morgan fingerprint density at radius 3 is 2.92 bits per heavy atom. The largest absolute Gasteiger partial charge is 0.358 e. The van der Waals surface area contributed by atoms with Crippen LogP contribution in [0, 0.1) is 0 Å². The van der Waals surface area contributed by atoms with Crippen LogP contribution in [0.2, 0.25) is 0 Å². The lowest BCUT2D eigenvalue weighted by Gasteiger charge is -1.90. The summed E-state index contributed by atoms with van der Waals surface area (Å²) in [6.07, 6.45) is 1.06. The van der Waals surface area contributed by atoms with Crippen LogP contribution in [0.4, 0.5) is 0 Å². The Morgan fingerprint density at radius 1 is 1.42 bits per heavy atom. The number of aromatic amines is 1. The van der Waals surface area contributed by atoms with Gasteiger partial charge in [0.25, 0.3) is 0 Å². The van der Waals surface area contributed by atoms with Crippen LogP contribution in [-0.4, -0.2) is 4.98 Å². The lowest BCUT2D eigenvalue weighted by molar-refractivity contribution is 1.07. The predicted octanol–water partition coefficient (Wildman–Crippen LogP) is 3.49. The molecule has 12 heavy (non-hydrogen) atoms. The molecule has 0 aliphatic heterocycles. The van der Waals surface area contributed by atoms with E-state index in [2.05, 4.69) is 46.0 Å². The van der Waals surface area contributed by atoms with Gasteiger partial charge in [-0.05, 0) is 24.6 Å². The average Bonchev–Trinajstić information content (AvgIpc) is 2.49. The zero-order chi connectivity index (χ0) is 8.55. The number of aromatic nitrogens is 1. The number of benzene rings is 1. The molecule has 0 saturated carbocycles. The first kappa shape index (κ1) is 7.87. The van der Waals surface area contributed by atoms with Crippen LogP contribution in [0.25, 0.3) is 10.9 Å². The van der Waals surface area contributed by atoms with Gasteiger partial charge in [0.2, 0.25) is 0 Å². The molecule has 2 rings (SSSR count). The third-order valence-corrected chi connectivity index (χ3v) is 2.74. The molecule has 0 aliphatic rings. The van der Waals surface area contributed by atoms with Crippen molar-refractivity contribution in [2.24, 2.45) is 0 Å². The van der Waals surface area contributed by atoms with E-state index in [4.69, 9.17) is 0 Å². The number of halogens is 1. The molecule has 0 aliphatic carbocycles. The minimum Gasteiger partial charge on any atom is -0.358 e. The quantitative estimate of drug-likeness (QED) is 0.763. The highest BCUT2D eigenvalue weighted by Gasteiger charge is 2.00. The van der Waals surface area contributed by atoms with E-state index in [1.165, 1.54) is 16.6 Å². The van der Waals surface area contributed by atoms with Crippen molar-refractivity contribution >= 4 is 26.8 Å². The van der Waals surface area contributed by atoms with Crippen molar-refractivity contribution in [1.82, 2.24) is 4.98 Å². The number of aryl methyl sites for hydroxylation is 1. The molecule has 0 unspecified atom stereocenters. The number of fused-ring (bicyclic) bond motifs is 1. The normalized spacial score (nSPS) is 10.8. The van der Waals surface area contributed by atoms with Crippen LogP contribution in [0.3, 0.4) is 0 Å². The fourth-order valence-corrected chi connectivity index (χ4v) is 1.85. The number of nitrogens with one attached hydrogen (secondary N) is 1. The van der Waals surface area contributed by atoms with E-state index in [0.29, 0.717) is 0 Å². The molecule has 1 nitrogen and oxygen atoms in total. The molecule has 1 heterocycles. The van der Waals surface area contributed by atoms with Crippen LogP contribution < -0.4 is 0 Å². The molecule has 2 aromatic rings. The summed E-state index contributed by atoms with van der Waals surface area (Å²) in [5.74, 6) is 0. The van der Waals surface area contributed by atoms with Crippen molar-refractivity contribution in [3.05, 3.63) is 34.4 Å². The Balaban J connectivity index is 2.74. The van der Waals surface area contributed by atoms with Crippen molar-refractivity contribution in [3.63, 3.8) is 0 Å². The Bertz CT molecular complexity index is 403. The smallest absolute Gasteiger partial charge is 0.0467 e. The van der Waals surface area contributed by atoms with Gasteiger partial charge < -0.3 is 4.98 Å². The molecular formula is C10H10BrN. The molecule has 1 aromatic heterocycles. The van der Waals surface area contributed by atoms with Crippen LogP contribution in [0.1, 0.15) is 12.6 Å². The third kappa shape index (κ3) is 1.16. The summed E-state index contributed by atoms with van der Waals surface area (Å²) in [6, 6.07) is 8.40. The van der Waals surface area contributed by atoms with E-state index in [-0.39, 0.29) is 0 Å². The first-order chi connectivity index (χ1) is 5.81. The molecule has 0 amide bonds. The molecular weight excluding hydrogens is 214 g/mol. The first-order valence-electron chi connectivity index (χ1n) is 4.07. The van der Waals surface area contributed by atoms with E-state index in [1.807, 2.05) is 6.07 Å². The molecule has 0 bridgehead atoms. The van der Waals surface area contributed by atoms with Crippen molar-refractivity contribution in [2.45, 2.75) is 13.3 Å². The number of rotatable bonds is 1. The second-order valence-electron chi connectivity index (χ2n) is 2.85. The van der Waals surface area contributed by atoms with Crippen molar-refractivity contribution < 1.29 is 0 Å². The van der Waals surface area contributed by atoms with Gasteiger partial charge in [-0.25, -0.2) is 0 Å². The fraction of sp³-hybridized carbons (Fsp3) is 0.200. The van der Waals surface area contributed by atoms with E-state index >= 15 is 0 Å². The fourth-order valence-electron chi connectivity index (χ4n) is 1.37. The third-order valence-electron chi connectivity index (χ3n) is 2.05. The second kappa shape index (κ2) is 2.94.